The van der Waals surface area contributed by atoms with Crippen molar-refractivity contribution in [1.29, 1.82) is 0 Å². The molecule has 0 saturated carbocycles. The van der Waals surface area contributed by atoms with Gasteiger partial charge in [-0.2, -0.15) is 0 Å². The summed E-state index contributed by atoms with van der Waals surface area (Å²) in [6, 6.07) is 37.0. The Morgan fingerprint density at radius 2 is 0.957 bits per heavy atom. The molecule has 6 aromatic carbocycles. The minimum Gasteiger partial charge on any atom is -0.505 e. The van der Waals surface area contributed by atoms with E-state index in [2.05, 4.69) is 9.56 Å². The van der Waals surface area contributed by atoms with Crippen molar-refractivity contribution in [3.63, 3.8) is 0 Å². The van der Waals surface area contributed by atoms with Gasteiger partial charge in [0.05, 0.1) is 56.8 Å². The van der Waals surface area contributed by atoms with Gasteiger partial charge in [0.1, 0.15) is 34.9 Å². The molecule has 0 unspecified atom stereocenters. The van der Waals surface area contributed by atoms with Crippen LogP contribution < -0.4 is 41.8 Å². The van der Waals surface area contributed by atoms with Gasteiger partial charge in [-0.3, -0.25) is 9.56 Å². The van der Waals surface area contributed by atoms with Crippen LogP contribution in [0, 0.1) is 25.7 Å². The van der Waals surface area contributed by atoms with Gasteiger partial charge in [-0.25, -0.2) is 36.0 Å². The number of carbonyl (C=O) groups is 2. The average molecular weight is 1370 g/mol. The second-order valence-electron chi connectivity index (χ2n) is 22.1. The van der Waals surface area contributed by atoms with Crippen LogP contribution in [0.2, 0.25) is 0 Å². The van der Waals surface area contributed by atoms with Crippen molar-refractivity contribution in [3.05, 3.63) is 165 Å². The lowest BCUT2D eigenvalue weighted by atomic mass is 9.81. The van der Waals surface area contributed by atoms with Crippen LogP contribution in [0.1, 0.15) is 46.2 Å². The Bertz CT molecular complexity index is 4390. The van der Waals surface area contributed by atoms with Crippen LogP contribution in [0.3, 0.4) is 0 Å². The van der Waals surface area contributed by atoms with Gasteiger partial charge < -0.3 is 79.4 Å². The average Bonchev–Trinajstić information content (AvgIpc) is 0.810. The Labute approximate surface area is 542 Å². The van der Waals surface area contributed by atoms with Crippen molar-refractivity contribution < 1.29 is 94.3 Å². The molecule has 93 heavy (non-hydrogen) atoms. The van der Waals surface area contributed by atoms with Crippen LogP contribution in [-0.2, 0) is 38.0 Å². The molecule has 0 spiro atoms. The maximum absolute atomic E-state index is 13.3. The molecule has 2 fully saturated rings. The number of fused-ring (bicyclic) bond motifs is 2. The molecule has 26 nitrogen and oxygen atoms in total. The number of amides is 2. The maximum atomic E-state index is 13.3. The first kappa shape index (κ1) is 71.8. The number of sulfonamides is 1. The number of primary amides is 2. The fourth-order valence-corrected chi connectivity index (χ4v) is 12.5. The largest absolute Gasteiger partial charge is 0.505 e. The van der Waals surface area contributed by atoms with Crippen molar-refractivity contribution in [2.45, 2.75) is 107 Å². The van der Waals surface area contributed by atoms with Crippen molar-refractivity contribution in [2.24, 2.45) is 23.3 Å². The lowest BCUT2D eigenvalue weighted by molar-refractivity contribution is -0.291. The van der Waals surface area contributed by atoms with E-state index in [-0.39, 0.29) is 61.9 Å². The molecule has 2 aliphatic heterocycles. The lowest BCUT2D eigenvalue weighted by Crippen LogP contribution is -2.62. The van der Waals surface area contributed by atoms with E-state index in [0.717, 1.165) is 16.7 Å². The number of ether oxygens (including phenoxy) is 6. The molecule has 0 radical (unpaired) electrons. The van der Waals surface area contributed by atoms with Gasteiger partial charge in [0.25, 0.3) is 19.1 Å². The monoisotopic (exact) mass is 1370 g/mol. The Hall–Kier alpha value is -8.68. The highest BCUT2D eigenvalue weighted by Gasteiger charge is 2.54. The molecule has 498 valence electrons. The first-order valence-electron chi connectivity index (χ1n) is 27.7. The van der Waals surface area contributed by atoms with Gasteiger partial charge in [-0.15, -0.1) is 0 Å². The summed E-state index contributed by atoms with van der Waals surface area (Å²) >= 11 is 5.45. The first-order valence-corrected chi connectivity index (χ1v) is 31.9. The summed E-state index contributed by atoms with van der Waals surface area (Å²) in [6.07, 6.45) is -10.6. The summed E-state index contributed by atoms with van der Waals surface area (Å²) < 4.78 is 95.3. The van der Waals surface area contributed by atoms with E-state index in [0.29, 0.717) is 11.1 Å². The third kappa shape index (κ3) is 15.9. The minimum absolute atomic E-state index is 0. The highest BCUT2D eigenvalue weighted by molar-refractivity contribution is 8.13. The molecule has 0 aliphatic carbocycles. The SMILES string of the molecule is C.Cc1c(O[C@@H]2OC(C)(C)[C@H](CO)[C@@H](OC(N)=O)[C@H]2O)ccc2c(O)c(NCl)c(=O)oc12.Cc1c(O[C@@H]2OC(C)(C)[C@H](CO)[C@@H](OC(N)=O)[C@H]2O)ccc2c(O)c(NS(=O)(=O)c3cccc(-c4ccccc4)c3)c(=O)oc12.O=S(=O)(Cl)c1cccc(-c2ccccc2)c1. The van der Waals surface area contributed by atoms with Gasteiger partial charge in [0.15, 0.2) is 35.1 Å². The van der Waals surface area contributed by atoms with Crippen molar-refractivity contribution in [1.82, 2.24) is 0 Å². The number of carbonyl (C=O) groups excluding carboxylic acids is 2. The van der Waals surface area contributed by atoms with Gasteiger partial charge >= 0.3 is 23.4 Å². The number of aliphatic hydroxyl groups is 4. The Kier molecular flexibility index (Phi) is 22.4. The predicted molar refractivity (Wildman–Crippen MR) is 343 cm³/mol. The normalized spacial score (nSPS) is 20.6. The van der Waals surface area contributed by atoms with E-state index < -0.39 is 133 Å². The van der Waals surface area contributed by atoms with Crippen LogP contribution in [0.25, 0.3) is 44.2 Å². The van der Waals surface area contributed by atoms with Crippen molar-refractivity contribution in [3.8, 4) is 45.3 Å². The molecule has 10 rings (SSSR count). The number of aryl methyl sites for hydroxylation is 2. The number of hydrogen-bond acceptors (Lipinski definition) is 23. The van der Waals surface area contributed by atoms with Crippen LogP contribution in [0.4, 0.5) is 21.0 Å². The van der Waals surface area contributed by atoms with E-state index in [1.807, 2.05) is 66.7 Å². The molecule has 8 atom stereocenters. The third-order valence-corrected chi connectivity index (χ3v) is 18.2. The number of nitrogens with two attached hydrogens (primary N) is 2. The molecule has 12 N–H and O–H groups in total. The van der Waals surface area contributed by atoms with Crippen molar-refractivity contribution >= 4 is 87.0 Å². The fourth-order valence-electron chi connectivity index (χ4n) is 10.4. The summed E-state index contributed by atoms with van der Waals surface area (Å²) in [5.74, 6) is -2.45. The van der Waals surface area contributed by atoms with Crippen molar-refractivity contribution in [2.75, 3.05) is 22.8 Å². The molecule has 2 amide bonds. The quantitative estimate of drug-likeness (QED) is 0.0261. The number of hydrogen-bond donors (Lipinski definition) is 10. The molecular weight excluding hydrogens is 1300 g/mol. The highest BCUT2D eigenvalue weighted by atomic mass is 35.7. The summed E-state index contributed by atoms with van der Waals surface area (Å²) in [7, 11) is -2.71. The zero-order valence-electron chi connectivity index (χ0n) is 49.7. The fraction of sp³-hybridized carbons (Fsp3) is 0.302. The van der Waals surface area contributed by atoms with Crippen LogP contribution in [-0.4, -0.2) is 121 Å². The smallest absolute Gasteiger partial charge is 0.404 e. The summed E-state index contributed by atoms with van der Waals surface area (Å²) in [5, 5.41) is 62.7. The van der Waals surface area contributed by atoms with E-state index in [4.69, 9.17) is 71.2 Å². The van der Waals surface area contributed by atoms with Crippen LogP contribution in [0.15, 0.2) is 162 Å². The number of aromatic hydroxyl groups is 2. The highest BCUT2D eigenvalue weighted by Crippen LogP contribution is 2.43. The second kappa shape index (κ2) is 29.1. The zero-order chi connectivity index (χ0) is 67.4. The molecule has 2 saturated heterocycles. The number of nitrogens with one attached hydrogen (secondary N) is 2. The summed E-state index contributed by atoms with van der Waals surface area (Å²) in [4.78, 5) is 49.9. The molecule has 0 bridgehead atoms. The Balaban J connectivity index is 0.000000220. The first-order chi connectivity index (χ1) is 43.3. The van der Waals surface area contributed by atoms with E-state index in [1.54, 1.807) is 58.9 Å². The predicted octanol–water partition coefficient (Wildman–Crippen LogP) is 8.46. The van der Waals surface area contributed by atoms with E-state index in [9.17, 15) is 66.7 Å². The molecule has 4 heterocycles. The van der Waals surface area contributed by atoms with Gasteiger partial charge in [0, 0.05) is 33.6 Å². The second-order valence-corrected chi connectivity index (χ2v) is 26.5. The molecule has 30 heteroatoms. The van der Waals surface area contributed by atoms with Crippen LogP contribution >= 0.6 is 22.5 Å². The Morgan fingerprint density at radius 1 is 0.581 bits per heavy atom. The number of halogens is 2. The molecule has 8 aromatic rings. The number of rotatable bonds is 15. The van der Waals surface area contributed by atoms with Crippen LogP contribution in [0.5, 0.6) is 23.0 Å². The molecule has 2 aromatic heterocycles. The van der Waals surface area contributed by atoms with Gasteiger partial charge in [0.2, 0.25) is 12.6 Å². The third-order valence-electron chi connectivity index (χ3n) is 15.3. The van der Waals surface area contributed by atoms with E-state index >= 15 is 0 Å². The van der Waals surface area contributed by atoms with E-state index in [1.165, 1.54) is 49.4 Å². The standard InChI is InChI=1S/C31H32N2O11S.C19H23ClN2O9.C12H9ClO2S.CH4/c1-16-22(41-29-25(36)27(43-30(32)38)21(15-34)31(2,3)44-29)13-12-20-24(35)23(28(37)42-26(16)20)33-45(39,40)19-11-7-10-18(14-19)17-8-5-4-6-9-17;1-7-10(5-4-8-12(24)11(22-20)16(26)29-14(7)8)28-17-13(25)15(30-18(21)27)9(6-23)19(2,3)31-17;13-16(14,15)12-8-4-7-11(9-12)10-5-2-1-3-6-10;/h4-14,21,25,27,29,33-36H,15H2,1-3H3,(H2,32,38);4-5,9,13,15,17,22-25H,6H2,1-3H3,(H2,21,27);1-9H;1H4/t21-,25-,27-,29-;9-,13-,15-,17-;;/m11../s1. The Morgan fingerprint density at radius 3 is 1.34 bits per heavy atom. The van der Waals surface area contributed by atoms with Gasteiger partial charge in [-0.05, 0) is 112 Å². The molecule has 2 aliphatic rings. The minimum atomic E-state index is -4.33. The zero-order valence-corrected chi connectivity index (χ0v) is 52.8. The number of benzene rings is 6. The molecular formula is C63H68Cl2N4O22S2. The maximum Gasteiger partial charge on any atom is 0.404 e. The number of anilines is 2. The number of aliphatic hydroxyl groups excluding tert-OH is 4. The summed E-state index contributed by atoms with van der Waals surface area (Å²) in [5.41, 5.74) is 8.70. The summed E-state index contributed by atoms with van der Waals surface area (Å²) in [6.45, 7) is 8.65. The van der Waals surface area contributed by atoms with Gasteiger partial charge in [-0.1, -0.05) is 92.4 Å². The topological polar surface area (TPSA) is 416 Å². The lowest BCUT2D eigenvalue weighted by Gasteiger charge is -2.47.